The second-order valence-electron chi connectivity index (χ2n) is 7.52. The normalized spacial score (nSPS) is 24.2. The molecule has 2 atom stereocenters. The summed E-state index contributed by atoms with van der Waals surface area (Å²) in [6.45, 7) is 5.43. The molecule has 2 aliphatic heterocycles. The van der Waals surface area contributed by atoms with Crippen molar-refractivity contribution < 1.29 is 17.9 Å². The maximum absolute atomic E-state index is 12.2. The number of hydrogen-bond donors (Lipinski definition) is 3. The Morgan fingerprint density at radius 2 is 2.11 bits per heavy atom. The van der Waals surface area contributed by atoms with Crippen LogP contribution in [0.5, 0.6) is 0 Å². The zero-order valence-electron chi connectivity index (χ0n) is 16.9. The molecule has 28 heavy (non-hydrogen) atoms. The van der Waals surface area contributed by atoms with Crippen LogP contribution in [0.1, 0.15) is 45.4 Å². The van der Waals surface area contributed by atoms with Crippen LogP contribution in [-0.2, 0) is 19.6 Å². The van der Waals surface area contributed by atoms with Crippen molar-refractivity contribution in [2.24, 2.45) is 16.6 Å². The smallest absolute Gasteiger partial charge is 0.217 e. The van der Waals surface area contributed by atoms with Gasteiger partial charge < -0.3 is 20.7 Å². The molecule has 2 heterocycles. The van der Waals surface area contributed by atoms with E-state index in [1.165, 1.54) is 0 Å². The highest BCUT2D eigenvalue weighted by molar-refractivity contribution is 7.89. The van der Waals surface area contributed by atoms with Crippen molar-refractivity contribution >= 4 is 21.9 Å². The molecule has 2 rings (SSSR count). The summed E-state index contributed by atoms with van der Waals surface area (Å²) in [5, 5.41) is 3.22. The van der Waals surface area contributed by atoms with Crippen molar-refractivity contribution in [2.45, 2.75) is 51.6 Å². The molecule has 162 valence electrons. The number of nitrogens with one attached hydrogen (secondary N) is 2. The van der Waals surface area contributed by atoms with E-state index in [1.54, 1.807) is 0 Å². The van der Waals surface area contributed by atoms with Gasteiger partial charge in [-0.25, -0.2) is 13.1 Å². The lowest BCUT2D eigenvalue weighted by atomic mass is 9.95. The molecular formula is C18H35N5O4S. The molecule has 0 aromatic rings. The molecule has 0 spiro atoms. The van der Waals surface area contributed by atoms with Gasteiger partial charge in [0, 0.05) is 39.2 Å². The molecule has 1 amide bonds. The van der Waals surface area contributed by atoms with Gasteiger partial charge in [-0.2, -0.15) is 0 Å². The predicted octanol–water partition coefficient (Wildman–Crippen LogP) is 0.0278. The van der Waals surface area contributed by atoms with Crippen molar-refractivity contribution in [2.75, 3.05) is 45.1 Å². The third-order valence-corrected chi connectivity index (χ3v) is 6.40. The van der Waals surface area contributed by atoms with E-state index in [-0.39, 0.29) is 30.2 Å². The summed E-state index contributed by atoms with van der Waals surface area (Å²) in [5.41, 5.74) is 5.33. The minimum absolute atomic E-state index is 0.0279. The van der Waals surface area contributed by atoms with Gasteiger partial charge in [-0.3, -0.25) is 9.79 Å². The lowest BCUT2D eigenvalue weighted by Crippen LogP contribution is -2.47. The summed E-state index contributed by atoms with van der Waals surface area (Å²) < 4.78 is 32.7. The first-order valence-corrected chi connectivity index (χ1v) is 12.0. The summed E-state index contributed by atoms with van der Waals surface area (Å²) in [5.74, 6) is 0.569. The number of rotatable bonds is 9. The number of nitrogens with two attached hydrogens (primary N) is 1. The monoisotopic (exact) mass is 417 g/mol. The average molecular weight is 418 g/mol. The van der Waals surface area contributed by atoms with E-state index in [4.69, 9.17) is 10.5 Å². The van der Waals surface area contributed by atoms with Crippen LogP contribution < -0.4 is 15.8 Å². The van der Waals surface area contributed by atoms with Gasteiger partial charge in [0.05, 0.1) is 18.4 Å². The molecule has 2 aliphatic rings. The summed E-state index contributed by atoms with van der Waals surface area (Å²) in [7, 11) is -3.39. The molecule has 0 radical (unpaired) electrons. The molecule has 0 aromatic heterocycles. The minimum Gasteiger partial charge on any atom is -0.377 e. The zero-order chi connectivity index (χ0) is 20.4. The minimum atomic E-state index is -3.39. The Hall–Kier alpha value is -1.39. The van der Waals surface area contributed by atoms with Crippen molar-refractivity contribution in [3.63, 3.8) is 0 Å². The number of sulfonamides is 1. The number of likely N-dealkylation sites (tertiary alicyclic amines) is 1. The van der Waals surface area contributed by atoms with Crippen LogP contribution in [0, 0.1) is 5.92 Å². The standard InChI is InChI=1S/C18H35N5O4S/c1-2-20-18(23-9-5-6-15(14-23)12-17(19)24)21-8-11-28(25,26)22-13-16-7-3-4-10-27-16/h15-16,22H,2-14H2,1H3,(H2,19,24)(H,20,21). The average Bonchev–Trinajstić information content (AvgIpc) is 2.66. The van der Waals surface area contributed by atoms with Crippen molar-refractivity contribution in [3.8, 4) is 0 Å². The Kier molecular flexibility index (Phi) is 9.46. The molecule has 0 saturated carbocycles. The van der Waals surface area contributed by atoms with Crippen molar-refractivity contribution in [1.82, 2.24) is 14.9 Å². The summed E-state index contributed by atoms with van der Waals surface area (Å²) >= 11 is 0. The fourth-order valence-electron chi connectivity index (χ4n) is 3.67. The van der Waals surface area contributed by atoms with Gasteiger partial charge in [-0.05, 0) is 44.9 Å². The van der Waals surface area contributed by atoms with Gasteiger partial charge in [0.2, 0.25) is 15.9 Å². The molecule has 10 heteroatoms. The van der Waals surface area contributed by atoms with Crippen molar-refractivity contribution in [1.29, 1.82) is 0 Å². The van der Waals surface area contributed by atoms with Crippen LogP contribution in [0.2, 0.25) is 0 Å². The third kappa shape index (κ3) is 8.32. The maximum Gasteiger partial charge on any atom is 0.217 e. The summed E-state index contributed by atoms with van der Waals surface area (Å²) in [6.07, 6.45) is 5.30. The first kappa shape index (κ1) is 22.9. The highest BCUT2D eigenvalue weighted by Gasteiger charge is 2.24. The predicted molar refractivity (Wildman–Crippen MR) is 109 cm³/mol. The Labute approximate surface area is 168 Å². The van der Waals surface area contributed by atoms with E-state index in [9.17, 15) is 13.2 Å². The zero-order valence-corrected chi connectivity index (χ0v) is 17.7. The molecule has 2 fully saturated rings. The number of primary amides is 1. The van der Waals surface area contributed by atoms with Gasteiger partial charge in [0.1, 0.15) is 0 Å². The van der Waals surface area contributed by atoms with Crippen LogP contribution in [0.25, 0.3) is 0 Å². The van der Waals surface area contributed by atoms with E-state index in [0.29, 0.717) is 38.6 Å². The van der Waals surface area contributed by atoms with E-state index in [1.807, 2.05) is 6.92 Å². The van der Waals surface area contributed by atoms with Gasteiger partial charge in [-0.1, -0.05) is 0 Å². The number of nitrogens with zero attached hydrogens (tertiary/aromatic N) is 2. The fraction of sp³-hybridized carbons (Fsp3) is 0.889. The van der Waals surface area contributed by atoms with Crippen molar-refractivity contribution in [3.05, 3.63) is 0 Å². The van der Waals surface area contributed by atoms with E-state index in [2.05, 4.69) is 19.9 Å². The van der Waals surface area contributed by atoms with Crippen LogP contribution in [0.3, 0.4) is 0 Å². The topological polar surface area (TPSA) is 126 Å². The first-order chi connectivity index (χ1) is 13.4. The quantitative estimate of drug-likeness (QED) is 0.359. The lowest BCUT2D eigenvalue weighted by molar-refractivity contribution is -0.119. The van der Waals surface area contributed by atoms with E-state index < -0.39 is 10.0 Å². The Balaban J connectivity index is 1.84. The SMILES string of the molecule is CCNC(=NCCS(=O)(=O)NCC1CCCCO1)N1CCCC(CC(N)=O)C1. The maximum atomic E-state index is 12.2. The summed E-state index contributed by atoms with van der Waals surface area (Å²) in [4.78, 5) is 17.8. The highest BCUT2D eigenvalue weighted by Crippen LogP contribution is 2.19. The molecule has 0 aliphatic carbocycles. The van der Waals surface area contributed by atoms with Crippen LogP contribution in [-0.4, -0.2) is 76.4 Å². The number of carbonyl (C=O) groups excluding carboxylic acids is 1. The van der Waals surface area contributed by atoms with Crippen LogP contribution in [0.4, 0.5) is 0 Å². The largest absolute Gasteiger partial charge is 0.377 e. The molecule has 0 bridgehead atoms. The fourth-order valence-corrected chi connectivity index (χ4v) is 4.58. The van der Waals surface area contributed by atoms with Gasteiger partial charge in [0.15, 0.2) is 5.96 Å². The van der Waals surface area contributed by atoms with Crippen LogP contribution in [0.15, 0.2) is 4.99 Å². The molecule has 2 saturated heterocycles. The number of guanidine groups is 1. The second kappa shape index (κ2) is 11.6. The first-order valence-electron chi connectivity index (χ1n) is 10.3. The Morgan fingerprint density at radius 3 is 2.79 bits per heavy atom. The molecule has 9 nitrogen and oxygen atoms in total. The molecule has 4 N–H and O–H groups in total. The number of carbonyl (C=O) groups is 1. The van der Waals surface area contributed by atoms with Gasteiger partial charge >= 0.3 is 0 Å². The van der Waals surface area contributed by atoms with Gasteiger partial charge in [0.25, 0.3) is 0 Å². The molecule has 0 aromatic carbocycles. The lowest BCUT2D eigenvalue weighted by Gasteiger charge is -2.34. The number of piperidine rings is 1. The number of ether oxygens (including phenoxy) is 1. The van der Waals surface area contributed by atoms with E-state index >= 15 is 0 Å². The summed E-state index contributed by atoms with van der Waals surface area (Å²) in [6, 6.07) is 0. The number of amides is 1. The number of aliphatic imine (C=N–C) groups is 1. The Morgan fingerprint density at radius 1 is 1.29 bits per heavy atom. The Bertz CT molecular complexity index is 619. The number of hydrogen-bond acceptors (Lipinski definition) is 5. The second-order valence-corrected chi connectivity index (χ2v) is 9.44. The van der Waals surface area contributed by atoms with E-state index in [0.717, 1.165) is 38.6 Å². The third-order valence-electron chi connectivity index (χ3n) is 5.07. The molecular weight excluding hydrogens is 382 g/mol. The van der Waals surface area contributed by atoms with Gasteiger partial charge in [-0.15, -0.1) is 0 Å². The molecule has 2 unspecified atom stereocenters. The van der Waals surface area contributed by atoms with Crippen LogP contribution >= 0.6 is 0 Å². The highest BCUT2D eigenvalue weighted by atomic mass is 32.2.